The van der Waals surface area contributed by atoms with Gasteiger partial charge in [-0.1, -0.05) is 18.2 Å². The van der Waals surface area contributed by atoms with E-state index in [1.54, 1.807) is 31.2 Å². The quantitative estimate of drug-likeness (QED) is 0.622. The van der Waals surface area contributed by atoms with E-state index in [2.05, 4.69) is 15.8 Å². The maximum atomic E-state index is 11.8. The van der Waals surface area contributed by atoms with Gasteiger partial charge in [-0.2, -0.15) is 0 Å². The number of pyridine rings is 1. The number of nitrogens with one attached hydrogen (secondary N) is 3. The van der Waals surface area contributed by atoms with Crippen LogP contribution in [-0.4, -0.2) is 16.0 Å². The summed E-state index contributed by atoms with van der Waals surface area (Å²) in [5.41, 5.74) is 5.18. The molecule has 0 unspecified atom stereocenters. The van der Waals surface area contributed by atoms with Gasteiger partial charge >= 0.3 is 0 Å². The number of hydrogen-bond donors (Lipinski definition) is 4. The minimum absolute atomic E-state index is 0.325. The summed E-state index contributed by atoms with van der Waals surface area (Å²) in [4.78, 5) is 25.9. The van der Waals surface area contributed by atoms with Crippen LogP contribution in [0.2, 0.25) is 0 Å². The molecule has 4 N–H and O–H groups in total. The molecule has 0 fully saturated rings. The van der Waals surface area contributed by atoms with E-state index >= 15 is 0 Å². The Bertz CT molecular complexity index is 650. The van der Waals surface area contributed by atoms with Gasteiger partial charge in [0.2, 0.25) is 0 Å². The van der Waals surface area contributed by atoms with Gasteiger partial charge < -0.3 is 10.1 Å². The van der Waals surface area contributed by atoms with Crippen molar-refractivity contribution in [2.75, 3.05) is 5.43 Å². The fourth-order valence-corrected chi connectivity index (χ4v) is 1.60. The second-order valence-corrected chi connectivity index (χ2v) is 3.99. The van der Waals surface area contributed by atoms with Crippen LogP contribution in [0.15, 0.2) is 41.2 Å². The Morgan fingerprint density at radius 1 is 1.26 bits per heavy atom. The molecule has 6 heteroatoms. The fourth-order valence-electron chi connectivity index (χ4n) is 1.60. The molecule has 19 heavy (non-hydrogen) atoms. The lowest BCUT2D eigenvalue weighted by atomic mass is 10.2. The lowest BCUT2D eigenvalue weighted by molar-refractivity contribution is 0.0958. The van der Waals surface area contributed by atoms with Crippen molar-refractivity contribution in [3.8, 4) is 5.75 Å². The molecule has 0 aliphatic heterocycles. The lowest BCUT2D eigenvalue weighted by Crippen LogP contribution is -2.33. The molecule has 0 aliphatic carbocycles. The SMILES string of the molecule is Cc1cc(O)c(C(=O)NNc2ccccc2)c(=O)[nH]1. The molecule has 0 radical (unpaired) electrons. The molecule has 98 valence electrons. The number of hydrogen-bond acceptors (Lipinski definition) is 4. The second-order valence-electron chi connectivity index (χ2n) is 3.99. The third-order valence-corrected chi connectivity index (χ3v) is 2.47. The van der Waals surface area contributed by atoms with E-state index in [0.717, 1.165) is 0 Å². The molecule has 1 amide bonds. The number of anilines is 1. The molecule has 0 spiro atoms. The van der Waals surface area contributed by atoms with Crippen molar-refractivity contribution in [2.45, 2.75) is 6.92 Å². The predicted octanol–water partition coefficient (Wildman–Crippen LogP) is 1.15. The third kappa shape index (κ3) is 2.92. The fraction of sp³-hybridized carbons (Fsp3) is 0.0769. The summed E-state index contributed by atoms with van der Waals surface area (Å²) < 4.78 is 0. The first kappa shape index (κ1) is 12.7. The Labute approximate surface area is 109 Å². The number of carbonyl (C=O) groups is 1. The highest BCUT2D eigenvalue weighted by atomic mass is 16.3. The van der Waals surface area contributed by atoms with E-state index in [0.29, 0.717) is 11.4 Å². The number of carbonyl (C=O) groups excluding carboxylic acids is 1. The highest BCUT2D eigenvalue weighted by molar-refractivity contribution is 5.97. The standard InChI is InChI=1S/C13H13N3O3/c1-8-7-10(17)11(12(18)14-8)13(19)16-15-9-5-3-2-4-6-9/h2-7,15H,1H3,(H,16,19)(H2,14,17,18). The zero-order valence-corrected chi connectivity index (χ0v) is 10.2. The zero-order valence-electron chi connectivity index (χ0n) is 10.2. The van der Waals surface area contributed by atoms with Crippen LogP contribution in [0.4, 0.5) is 5.69 Å². The smallest absolute Gasteiger partial charge is 0.279 e. The first-order valence-electron chi connectivity index (χ1n) is 5.62. The van der Waals surface area contributed by atoms with Crippen molar-refractivity contribution in [2.24, 2.45) is 0 Å². The average Bonchev–Trinajstić information content (AvgIpc) is 2.36. The Hall–Kier alpha value is -2.76. The van der Waals surface area contributed by atoms with Gasteiger partial charge in [0.05, 0.1) is 5.69 Å². The largest absolute Gasteiger partial charge is 0.507 e. The van der Waals surface area contributed by atoms with Crippen LogP contribution >= 0.6 is 0 Å². The number of rotatable bonds is 3. The third-order valence-electron chi connectivity index (χ3n) is 2.47. The van der Waals surface area contributed by atoms with Crippen LogP contribution in [0.25, 0.3) is 0 Å². The van der Waals surface area contributed by atoms with Crippen LogP contribution in [0.5, 0.6) is 5.75 Å². The number of H-pyrrole nitrogens is 1. The summed E-state index contributed by atoms with van der Waals surface area (Å²) in [5.74, 6) is -1.06. The molecule has 0 saturated carbocycles. The maximum absolute atomic E-state index is 11.8. The number of benzene rings is 1. The van der Waals surface area contributed by atoms with E-state index in [-0.39, 0.29) is 11.3 Å². The number of aryl methyl sites for hydroxylation is 1. The van der Waals surface area contributed by atoms with Crippen LogP contribution in [0.3, 0.4) is 0 Å². The molecule has 2 aromatic rings. The monoisotopic (exact) mass is 259 g/mol. The molecule has 1 aromatic carbocycles. The van der Waals surface area contributed by atoms with E-state index in [9.17, 15) is 14.7 Å². The maximum Gasteiger partial charge on any atom is 0.279 e. The molecule has 0 aliphatic rings. The van der Waals surface area contributed by atoms with E-state index in [4.69, 9.17) is 0 Å². The van der Waals surface area contributed by atoms with Crippen LogP contribution in [0, 0.1) is 6.92 Å². The molecule has 2 rings (SSSR count). The highest BCUT2D eigenvalue weighted by Crippen LogP contribution is 2.12. The Morgan fingerprint density at radius 3 is 2.58 bits per heavy atom. The molecule has 0 saturated heterocycles. The summed E-state index contributed by atoms with van der Waals surface area (Å²) in [7, 11) is 0. The normalized spacial score (nSPS) is 9.95. The minimum atomic E-state index is -0.706. The minimum Gasteiger partial charge on any atom is -0.507 e. The summed E-state index contributed by atoms with van der Waals surface area (Å²) >= 11 is 0. The molecule has 0 bridgehead atoms. The molecular weight excluding hydrogens is 246 g/mol. The van der Waals surface area contributed by atoms with Crippen molar-refractivity contribution < 1.29 is 9.90 Å². The van der Waals surface area contributed by atoms with Gasteiger partial charge in [0.25, 0.3) is 11.5 Å². The first-order valence-corrected chi connectivity index (χ1v) is 5.62. The summed E-state index contributed by atoms with van der Waals surface area (Å²) in [6, 6.07) is 10.2. The molecule has 1 aromatic heterocycles. The topological polar surface area (TPSA) is 94.2 Å². The molecular formula is C13H13N3O3. The second kappa shape index (κ2) is 5.26. The van der Waals surface area contributed by atoms with Crippen LogP contribution in [0.1, 0.15) is 16.1 Å². The van der Waals surface area contributed by atoms with Gasteiger partial charge in [0, 0.05) is 5.69 Å². The predicted molar refractivity (Wildman–Crippen MR) is 71.0 cm³/mol. The number of amides is 1. The number of para-hydroxylation sites is 1. The number of aromatic hydroxyl groups is 1. The highest BCUT2D eigenvalue weighted by Gasteiger charge is 2.16. The summed E-state index contributed by atoms with van der Waals surface area (Å²) in [6.07, 6.45) is 0. The van der Waals surface area contributed by atoms with Gasteiger partial charge in [-0.05, 0) is 25.1 Å². The van der Waals surface area contributed by atoms with Gasteiger partial charge in [0.1, 0.15) is 11.3 Å². The van der Waals surface area contributed by atoms with Gasteiger partial charge in [0.15, 0.2) is 0 Å². The van der Waals surface area contributed by atoms with Crippen molar-refractivity contribution in [3.63, 3.8) is 0 Å². The van der Waals surface area contributed by atoms with E-state index < -0.39 is 11.5 Å². The molecule has 0 atom stereocenters. The number of hydrazine groups is 1. The van der Waals surface area contributed by atoms with Crippen molar-refractivity contribution >= 4 is 11.6 Å². The van der Waals surface area contributed by atoms with Crippen LogP contribution in [-0.2, 0) is 0 Å². The van der Waals surface area contributed by atoms with E-state index in [1.807, 2.05) is 6.07 Å². The van der Waals surface area contributed by atoms with Gasteiger partial charge in [-0.15, -0.1) is 0 Å². The number of aromatic nitrogens is 1. The van der Waals surface area contributed by atoms with Crippen molar-refractivity contribution in [3.05, 3.63) is 58.0 Å². The summed E-state index contributed by atoms with van der Waals surface area (Å²) in [6.45, 7) is 1.62. The van der Waals surface area contributed by atoms with Crippen LogP contribution < -0.4 is 16.4 Å². The molecule has 1 heterocycles. The van der Waals surface area contributed by atoms with Crippen molar-refractivity contribution in [1.29, 1.82) is 0 Å². The first-order chi connectivity index (χ1) is 9.08. The Kier molecular flexibility index (Phi) is 3.51. The lowest BCUT2D eigenvalue weighted by Gasteiger charge is -2.09. The average molecular weight is 259 g/mol. The summed E-state index contributed by atoms with van der Waals surface area (Å²) in [5, 5.41) is 9.63. The van der Waals surface area contributed by atoms with Crippen molar-refractivity contribution in [1.82, 2.24) is 10.4 Å². The van der Waals surface area contributed by atoms with E-state index in [1.165, 1.54) is 6.07 Å². The van der Waals surface area contributed by atoms with Gasteiger partial charge in [-0.3, -0.25) is 20.4 Å². The Balaban J connectivity index is 2.15. The number of aromatic amines is 1. The Morgan fingerprint density at radius 2 is 1.95 bits per heavy atom. The molecule has 6 nitrogen and oxygen atoms in total. The van der Waals surface area contributed by atoms with Gasteiger partial charge in [-0.25, -0.2) is 0 Å². The zero-order chi connectivity index (χ0) is 13.8.